The zero-order valence-corrected chi connectivity index (χ0v) is 16.8. The lowest BCUT2D eigenvalue weighted by atomic mass is 9.76. The standard InChI is InChI=1S/C18H38N4O2/c1-14(2)9-13(19)10-15(3,4)22(14)24-18(20)11-16(5,6)21(23)17(7,8)12-18/h13,23H,9-12,19-20H2,1-8H3. The zero-order valence-electron chi connectivity index (χ0n) is 16.8. The molecular formula is C18H38N4O2. The summed E-state index contributed by atoms with van der Waals surface area (Å²) in [7, 11) is 0. The molecule has 0 aromatic rings. The van der Waals surface area contributed by atoms with Crippen molar-refractivity contribution in [3.63, 3.8) is 0 Å². The van der Waals surface area contributed by atoms with Gasteiger partial charge in [0.1, 0.15) is 5.72 Å². The van der Waals surface area contributed by atoms with Crippen LogP contribution in [0, 0.1) is 0 Å². The number of hydrogen-bond acceptors (Lipinski definition) is 6. The molecule has 6 nitrogen and oxygen atoms in total. The van der Waals surface area contributed by atoms with Crippen LogP contribution in [0.15, 0.2) is 0 Å². The van der Waals surface area contributed by atoms with E-state index >= 15 is 0 Å². The highest BCUT2D eigenvalue weighted by atomic mass is 16.7. The lowest BCUT2D eigenvalue weighted by Gasteiger charge is -2.60. The molecule has 142 valence electrons. The maximum atomic E-state index is 10.5. The van der Waals surface area contributed by atoms with Crippen LogP contribution in [0.1, 0.15) is 81.1 Å². The molecule has 0 bridgehead atoms. The highest BCUT2D eigenvalue weighted by Gasteiger charge is 2.55. The Morgan fingerprint density at radius 1 is 0.833 bits per heavy atom. The Kier molecular flexibility index (Phi) is 4.71. The Morgan fingerprint density at radius 3 is 1.58 bits per heavy atom. The highest BCUT2D eigenvalue weighted by Crippen LogP contribution is 2.45. The van der Waals surface area contributed by atoms with Crippen molar-refractivity contribution in [2.45, 2.75) is 115 Å². The van der Waals surface area contributed by atoms with E-state index in [4.69, 9.17) is 16.3 Å². The summed E-state index contributed by atoms with van der Waals surface area (Å²) in [5.41, 5.74) is 10.9. The lowest BCUT2D eigenvalue weighted by molar-refractivity contribution is -0.372. The van der Waals surface area contributed by atoms with Crippen LogP contribution >= 0.6 is 0 Å². The molecule has 24 heavy (non-hydrogen) atoms. The van der Waals surface area contributed by atoms with E-state index in [-0.39, 0.29) is 17.1 Å². The van der Waals surface area contributed by atoms with Gasteiger partial charge in [-0.25, -0.2) is 0 Å². The topological polar surface area (TPSA) is 88.0 Å². The van der Waals surface area contributed by atoms with E-state index in [1.54, 1.807) is 0 Å². The summed E-state index contributed by atoms with van der Waals surface area (Å²) < 4.78 is 0. The van der Waals surface area contributed by atoms with Gasteiger partial charge < -0.3 is 16.7 Å². The number of nitrogens with zero attached hydrogens (tertiary/aromatic N) is 2. The smallest absolute Gasteiger partial charge is 0.141 e. The lowest BCUT2D eigenvalue weighted by Crippen LogP contribution is -2.72. The molecule has 2 fully saturated rings. The van der Waals surface area contributed by atoms with E-state index in [0.717, 1.165) is 12.8 Å². The molecular weight excluding hydrogens is 304 g/mol. The second-order valence-electron chi connectivity index (χ2n) is 10.5. The predicted octanol–water partition coefficient (Wildman–Crippen LogP) is 2.60. The second kappa shape index (κ2) is 5.63. The molecule has 0 aliphatic carbocycles. The number of piperidine rings is 2. The Labute approximate surface area is 147 Å². The van der Waals surface area contributed by atoms with Gasteiger partial charge in [-0.3, -0.25) is 4.84 Å². The van der Waals surface area contributed by atoms with Crippen LogP contribution in [0.25, 0.3) is 0 Å². The molecule has 2 saturated heterocycles. The van der Waals surface area contributed by atoms with Crippen molar-refractivity contribution < 1.29 is 10.0 Å². The number of hydrogen-bond donors (Lipinski definition) is 3. The highest BCUT2D eigenvalue weighted by molar-refractivity contribution is 5.04. The van der Waals surface area contributed by atoms with E-state index in [2.05, 4.69) is 32.8 Å². The molecule has 0 atom stereocenters. The minimum atomic E-state index is -0.831. The molecule has 0 aromatic carbocycles. The second-order valence-corrected chi connectivity index (χ2v) is 10.5. The fourth-order valence-electron chi connectivity index (χ4n) is 5.33. The van der Waals surface area contributed by atoms with Gasteiger partial charge >= 0.3 is 0 Å². The summed E-state index contributed by atoms with van der Waals surface area (Å²) >= 11 is 0. The molecule has 0 aromatic heterocycles. The van der Waals surface area contributed by atoms with Crippen LogP contribution in [0.2, 0.25) is 0 Å². The van der Waals surface area contributed by atoms with Crippen molar-refractivity contribution in [3.05, 3.63) is 0 Å². The molecule has 5 N–H and O–H groups in total. The maximum Gasteiger partial charge on any atom is 0.141 e. The van der Waals surface area contributed by atoms with Gasteiger partial charge in [-0.15, -0.1) is 0 Å². The first-order chi connectivity index (χ1) is 10.5. The van der Waals surface area contributed by atoms with E-state index in [1.807, 2.05) is 27.7 Å². The maximum absolute atomic E-state index is 10.5. The molecule has 2 heterocycles. The fraction of sp³-hybridized carbons (Fsp3) is 1.00. The van der Waals surface area contributed by atoms with Crippen LogP contribution in [-0.4, -0.2) is 49.3 Å². The Morgan fingerprint density at radius 2 is 1.21 bits per heavy atom. The number of nitrogens with two attached hydrogens (primary N) is 2. The van der Waals surface area contributed by atoms with Gasteiger partial charge in [0.05, 0.1) is 0 Å². The Balaban J connectivity index is 2.31. The summed E-state index contributed by atoms with van der Waals surface area (Å²) in [6.07, 6.45) is 2.83. The predicted molar refractivity (Wildman–Crippen MR) is 96.2 cm³/mol. The molecule has 0 spiro atoms. The monoisotopic (exact) mass is 342 g/mol. The van der Waals surface area contributed by atoms with Crippen molar-refractivity contribution in [1.82, 2.24) is 10.1 Å². The molecule has 2 rings (SSSR count). The zero-order chi connectivity index (χ0) is 18.8. The minimum Gasteiger partial charge on any atom is -0.328 e. The van der Waals surface area contributed by atoms with Crippen molar-refractivity contribution in [2.75, 3.05) is 0 Å². The van der Waals surface area contributed by atoms with Crippen LogP contribution in [0.4, 0.5) is 0 Å². The first-order valence-corrected chi connectivity index (χ1v) is 9.04. The molecule has 0 saturated carbocycles. The molecule has 0 unspecified atom stereocenters. The fourth-order valence-corrected chi connectivity index (χ4v) is 5.33. The van der Waals surface area contributed by atoms with E-state index in [1.165, 1.54) is 5.06 Å². The average Bonchev–Trinajstić information content (AvgIpc) is 2.28. The number of hydroxylamine groups is 4. The third-order valence-electron chi connectivity index (χ3n) is 5.51. The SMILES string of the molecule is CC1(C)CC(N)(ON2C(C)(C)CC(N)CC2(C)C)CC(C)(C)N1O. The number of rotatable bonds is 2. The third kappa shape index (κ3) is 3.64. The Bertz CT molecular complexity index is 451. The van der Waals surface area contributed by atoms with E-state index < -0.39 is 16.8 Å². The van der Waals surface area contributed by atoms with E-state index in [9.17, 15) is 5.21 Å². The van der Waals surface area contributed by atoms with Gasteiger partial charge in [0.2, 0.25) is 0 Å². The molecule has 6 heteroatoms. The summed E-state index contributed by atoms with van der Waals surface area (Å²) in [4.78, 5) is 6.54. The molecule has 2 aliphatic heterocycles. The van der Waals surface area contributed by atoms with Crippen molar-refractivity contribution in [3.8, 4) is 0 Å². The van der Waals surface area contributed by atoms with Crippen molar-refractivity contribution in [2.24, 2.45) is 11.5 Å². The summed E-state index contributed by atoms with van der Waals surface area (Å²) in [6.45, 7) is 16.7. The molecule has 0 radical (unpaired) electrons. The van der Waals surface area contributed by atoms with Crippen LogP contribution < -0.4 is 11.5 Å². The Hall–Kier alpha value is -0.240. The van der Waals surface area contributed by atoms with Crippen LogP contribution in [0.3, 0.4) is 0 Å². The molecule has 0 amide bonds. The van der Waals surface area contributed by atoms with Gasteiger partial charge in [0.25, 0.3) is 0 Å². The van der Waals surface area contributed by atoms with Gasteiger partial charge in [-0.1, -0.05) is 0 Å². The first kappa shape index (κ1) is 20.1. The van der Waals surface area contributed by atoms with Gasteiger partial charge in [0, 0.05) is 41.0 Å². The van der Waals surface area contributed by atoms with E-state index in [0.29, 0.717) is 12.8 Å². The minimum absolute atomic E-state index is 0.163. The third-order valence-corrected chi connectivity index (χ3v) is 5.51. The van der Waals surface area contributed by atoms with Crippen molar-refractivity contribution >= 4 is 0 Å². The molecule has 2 aliphatic rings. The summed E-state index contributed by atoms with van der Waals surface area (Å²) in [6, 6.07) is 0.163. The van der Waals surface area contributed by atoms with Crippen LogP contribution in [0.5, 0.6) is 0 Å². The largest absolute Gasteiger partial charge is 0.328 e. The average molecular weight is 343 g/mol. The normalized spacial score (nSPS) is 32.6. The quantitative estimate of drug-likeness (QED) is 0.669. The van der Waals surface area contributed by atoms with Crippen molar-refractivity contribution in [1.29, 1.82) is 0 Å². The van der Waals surface area contributed by atoms with Gasteiger partial charge in [-0.2, -0.15) is 10.1 Å². The van der Waals surface area contributed by atoms with Gasteiger partial charge in [-0.05, 0) is 68.2 Å². The first-order valence-electron chi connectivity index (χ1n) is 9.04. The van der Waals surface area contributed by atoms with Gasteiger partial charge in [0.15, 0.2) is 0 Å². The summed E-state index contributed by atoms with van der Waals surface area (Å²) in [5.74, 6) is 0. The summed E-state index contributed by atoms with van der Waals surface area (Å²) in [5, 5.41) is 14.0. The van der Waals surface area contributed by atoms with Crippen LogP contribution in [-0.2, 0) is 4.84 Å².